The van der Waals surface area contributed by atoms with E-state index in [1.807, 2.05) is 48.7 Å². The minimum Gasteiger partial charge on any atom is -0.357 e. The summed E-state index contributed by atoms with van der Waals surface area (Å²) in [6.07, 6.45) is 4.84. The highest BCUT2D eigenvalue weighted by Gasteiger charge is 2.15. The van der Waals surface area contributed by atoms with Gasteiger partial charge in [-0.2, -0.15) is 0 Å². The van der Waals surface area contributed by atoms with Gasteiger partial charge in [0.05, 0.1) is 6.04 Å². The molecule has 0 unspecified atom stereocenters. The molecule has 2 heterocycles. The van der Waals surface area contributed by atoms with Crippen LogP contribution in [0.2, 0.25) is 0 Å². The van der Waals surface area contributed by atoms with Crippen LogP contribution in [0.5, 0.6) is 0 Å². The Morgan fingerprint density at radius 1 is 1.08 bits per heavy atom. The number of nitrogens with two attached hydrogens (primary N) is 1. The lowest BCUT2D eigenvalue weighted by Gasteiger charge is -2.16. The fraction of sp³-hybridized carbons (Fsp3) is 0.368. The maximum absolute atomic E-state index is 12.1. The van der Waals surface area contributed by atoms with E-state index in [1.165, 1.54) is 12.8 Å². The topological polar surface area (TPSA) is 71.2 Å². The Kier molecular flexibility index (Phi) is 9.41. The summed E-state index contributed by atoms with van der Waals surface area (Å²) in [6.45, 7) is 2.61. The number of hydrogen-bond donors (Lipinski definition) is 2. The van der Waals surface area contributed by atoms with Gasteiger partial charge in [0.25, 0.3) is 0 Å². The second kappa shape index (κ2) is 11.0. The molecule has 0 bridgehead atoms. The highest BCUT2D eigenvalue weighted by atomic mass is 35.5. The van der Waals surface area contributed by atoms with Crippen LogP contribution in [0.3, 0.4) is 0 Å². The number of anilines is 1. The number of nitrogens with one attached hydrogen (secondary N) is 1. The average molecular weight is 397 g/mol. The zero-order valence-corrected chi connectivity index (χ0v) is 16.3. The zero-order valence-electron chi connectivity index (χ0n) is 14.6. The number of rotatable bonds is 6. The van der Waals surface area contributed by atoms with Gasteiger partial charge in [-0.15, -0.1) is 24.8 Å². The molecule has 0 saturated carbocycles. The zero-order chi connectivity index (χ0) is 16.8. The molecule has 1 fully saturated rings. The summed E-state index contributed by atoms with van der Waals surface area (Å²) >= 11 is 0. The summed E-state index contributed by atoms with van der Waals surface area (Å²) in [7, 11) is 0. The number of carbonyl (C=O) groups is 1. The third-order valence-electron chi connectivity index (χ3n) is 4.34. The van der Waals surface area contributed by atoms with E-state index < -0.39 is 6.04 Å². The van der Waals surface area contributed by atoms with Crippen molar-refractivity contribution in [2.24, 2.45) is 5.73 Å². The number of halogens is 2. The van der Waals surface area contributed by atoms with Crippen molar-refractivity contribution < 1.29 is 4.79 Å². The molecule has 1 aliphatic heterocycles. The van der Waals surface area contributed by atoms with Crippen LogP contribution in [-0.2, 0) is 17.8 Å². The number of carbonyl (C=O) groups excluding carboxylic acids is 1. The van der Waals surface area contributed by atoms with Gasteiger partial charge in [-0.25, -0.2) is 4.98 Å². The maximum atomic E-state index is 12.1. The van der Waals surface area contributed by atoms with Gasteiger partial charge >= 0.3 is 0 Å². The maximum Gasteiger partial charge on any atom is 0.237 e. The van der Waals surface area contributed by atoms with Crippen molar-refractivity contribution in [3.05, 3.63) is 59.8 Å². The predicted octanol–water partition coefficient (Wildman–Crippen LogP) is 2.71. The first kappa shape index (κ1) is 22.2. The Morgan fingerprint density at radius 3 is 2.38 bits per heavy atom. The third-order valence-corrected chi connectivity index (χ3v) is 4.34. The van der Waals surface area contributed by atoms with E-state index in [1.54, 1.807) is 0 Å². The summed E-state index contributed by atoms with van der Waals surface area (Å²) in [6, 6.07) is 13.3. The largest absolute Gasteiger partial charge is 0.357 e. The highest BCUT2D eigenvalue weighted by molar-refractivity contribution is 5.85. The monoisotopic (exact) mass is 396 g/mol. The fourth-order valence-electron chi connectivity index (χ4n) is 2.94. The molecule has 0 spiro atoms. The molecule has 0 radical (unpaired) electrons. The number of pyridine rings is 1. The number of nitrogens with zero attached hydrogens (tertiary/aromatic N) is 2. The number of aromatic nitrogens is 1. The van der Waals surface area contributed by atoms with Crippen molar-refractivity contribution in [2.75, 3.05) is 18.0 Å². The number of amides is 1. The second-order valence-corrected chi connectivity index (χ2v) is 6.23. The predicted molar refractivity (Wildman–Crippen MR) is 110 cm³/mol. The Hall–Kier alpha value is -1.82. The molecule has 1 saturated heterocycles. The average Bonchev–Trinajstić information content (AvgIpc) is 3.15. The Bertz CT molecular complexity index is 661. The fourth-order valence-corrected chi connectivity index (χ4v) is 2.94. The molecule has 5 nitrogen and oxygen atoms in total. The molecule has 2 aromatic rings. The molecule has 0 aliphatic carbocycles. The van der Waals surface area contributed by atoms with Crippen molar-refractivity contribution in [1.82, 2.24) is 10.3 Å². The normalized spacial score (nSPS) is 14.1. The molecular formula is C19H26Cl2N4O. The summed E-state index contributed by atoms with van der Waals surface area (Å²) < 4.78 is 0. The molecule has 142 valence electrons. The van der Waals surface area contributed by atoms with Crippen LogP contribution in [0.25, 0.3) is 0 Å². The first-order chi connectivity index (χ1) is 11.7. The van der Waals surface area contributed by atoms with E-state index in [0.717, 1.165) is 30.0 Å². The molecule has 1 amide bonds. The molecule has 1 aromatic carbocycles. The van der Waals surface area contributed by atoms with Crippen molar-refractivity contribution in [2.45, 2.75) is 31.8 Å². The Morgan fingerprint density at radius 2 is 1.77 bits per heavy atom. The second-order valence-electron chi connectivity index (χ2n) is 6.23. The molecule has 1 aromatic heterocycles. The van der Waals surface area contributed by atoms with Crippen molar-refractivity contribution >= 4 is 36.5 Å². The standard InChI is InChI=1S/C19H24N4O.2ClH/c20-17(12-15-6-2-1-3-7-15)19(24)22-14-16-8-9-18(21-13-16)23-10-4-5-11-23;;/h1-3,6-9,13,17H,4-5,10-12,14,20H2,(H,22,24);2*1H/t17-;;/m0../s1. The van der Waals surface area contributed by atoms with Gasteiger partial charge < -0.3 is 16.0 Å². The summed E-state index contributed by atoms with van der Waals surface area (Å²) in [5.41, 5.74) is 8.04. The minimum absolute atomic E-state index is 0. The van der Waals surface area contributed by atoms with E-state index in [2.05, 4.69) is 15.2 Å². The van der Waals surface area contributed by atoms with Crippen LogP contribution in [-0.4, -0.2) is 30.0 Å². The van der Waals surface area contributed by atoms with Crippen LogP contribution in [0.15, 0.2) is 48.7 Å². The number of benzene rings is 1. The van der Waals surface area contributed by atoms with Crippen molar-refractivity contribution in [1.29, 1.82) is 0 Å². The lowest BCUT2D eigenvalue weighted by atomic mass is 10.1. The molecule has 7 heteroatoms. The Labute approximate surface area is 167 Å². The van der Waals surface area contributed by atoms with Crippen molar-refractivity contribution in [3.8, 4) is 0 Å². The van der Waals surface area contributed by atoms with E-state index in [-0.39, 0.29) is 30.7 Å². The molecule has 1 aliphatic rings. The molecular weight excluding hydrogens is 371 g/mol. The van der Waals surface area contributed by atoms with E-state index in [9.17, 15) is 4.79 Å². The van der Waals surface area contributed by atoms with Crippen LogP contribution in [0.1, 0.15) is 24.0 Å². The highest BCUT2D eigenvalue weighted by Crippen LogP contribution is 2.17. The van der Waals surface area contributed by atoms with Gasteiger partial charge in [-0.1, -0.05) is 36.4 Å². The van der Waals surface area contributed by atoms with Crippen LogP contribution in [0, 0.1) is 0 Å². The van der Waals surface area contributed by atoms with Crippen LogP contribution in [0.4, 0.5) is 5.82 Å². The van der Waals surface area contributed by atoms with Gasteiger partial charge in [0, 0.05) is 25.8 Å². The Balaban J connectivity index is 0.00000169. The van der Waals surface area contributed by atoms with Crippen molar-refractivity contribution in [3.63, 3.8) is 0 Å². The molecule has 1 atom stereocenters. The van der Waals surface area contributed by atoms with Gasteiger partial charge in [0.15, 0.2) is 0 Å². The minimum atomic E-state index is -0.538. The lowest BCUT2D eigenvalue weighted by molar-refractivity contribution is -0.122. The first-order valence-electron chi connectivity index (χ1n) is 8.49. The SMILES string of the molecule is Cl.Cl.N[C@@H](Cc1ccccc1)C(=O)NCc1ccc(N2CCCC2)nc1. The first-order valence-corrected chi connectivity index (χ1v) is 8.49. The van der Waals surface area contributed by atoms with Gasteiger partial charge in [-0.3, -0.25) is 4.79 Å². The van der Waals surface area contributed by atoms with E-state index in [4.69, 9.17) is 5.73 Å². The van der Waals surface area contributed by atoms with Crippen LogP contribution < -0.4 is 16.0 Å². The van der Waals surface area contributed by atoms with E-state index >= 15 is 0 Å². The molecule has 3 rings (SSSR count). The summed E-state index contributed by atoms with van der Waals surface area (Å²) in [4.78, 5) is 18.9. The van der Waals surface area contributed by atoms with Crippen LogP contribution >= 0.6 is 24.8 Å². The van der Waals surface area contributed by atoms with Gasteiger partial charge in [0.2, 0.25) is 5.91 Å². The smallest absolute Gasteiger partial charge is 0.237 e. The summed E-state index contributed by atoms with van der Waals surface area (Å²) in [5, 5.41) is 2.89. The molecule has 3 N–H and O–H groups in total. The quantitative estimate of drug-likeness (QED) is 0.787. The van der Waals surface area contributed by atoms with Gasteiger partial charge in [-0.05, 0) is 36.5 Å². The lowest BCUT2D eigenvalue weighted by Crippen LogP contribution is -2.41. The van der Waals surface area contributed by atoms with Gasteiger partial charge in [0.1, 0.15) is 5.82 Å². The van der Waals surface area contributed by atoms with E-state index in [0.29, 0.717) is 13.0 Å². The molecule has 26 heavy (non-hydrogen) atoms. The third kappa shape index (κ3) is 6.16. The number of hydrogen-bond acceptors (Lipinski definition) is 4. The summed E-state index contributed by atoms with van der Waals surface area (Å²) in [5.74, 6) is 0.880.